The minimum absolute atomic E-state index is 0.0576. The van der Waals surface area contributed by atoms with Crippen molar-refractivity contribution in [3.63, 3.8) is 0 Å². The number of hydrogen-bond donors (Lipinski definition) is 0. The third-order valence-corrected chi connectivity index (χ3v) is 7.85. The zero-order chi connectivity index (χ0) is 24.0. The molecular formula is C33H23NO2. The molecule has 0 saturated heterocycles. The van der Waals surface area contributed by atoms with Gasteiger partial charge in [0.25, 0.3) is 0 Å². The summed E-state index contributed by atoms with van der Waals surface area (Å²) in [7, 11) is 0. The fraction of sp³-hybridized carbons (Fsp3) is 0.0909. The maximum Gasteiger partial charge on any atom is 0.172 e. The Bertz CT molecular complexity index is 1880. The molecule has 0 saturated carbocycles. The number of hydrogen-bond acceptors (Lipinski definition) is 2. The Morgan fingerprint density at radius 3 is 2.08 bits per heavy atom. The molecule has 0 bridgehead atoms. The highest BCUT2D eigenvalue weighted by Crippen LogP contribution is 2.51. The highest BCUT2D eigenvalue weighted by molar-refractivity contribution is 6.11. The topological polar surface area (TPSA) is 23.4 Å². The molecule has 2 heterocycles. The van der Waals surface area contributed by atoms with Crippen LogP contribution in [0.15, 0.2) is 103 Å². The van der Waals surface area contributed by atoms with E-state index in [0.717, 1.165) is 28.7 Å². The van der Waals surface area contributed by atoms with E-state index in [4.69, 9.17) is 9.47 Å². The Hall–Kier alpha value is -4.50. The Morgan fingerprint density at radius 2 is 1.22 bits per heavy atom. The Balaban J connectivity index is 1.39. The molecule has 2 aliphatic rings. The quantitative estimate of drug-likeness (QED) is 0.241. The molecule has 6 aromatic rings. The second kappa shape index (κ2) is 6.79. The van der Waals surface area contributed by atoms with Crippen molar-refractivity contribution >= 4 is 21.8 Å². The summed E-state index contributed by atoms with van der Waals surface area (Å²) in [5.41, 5.74) is 8.81. The average molecular weight is 466 g/mol. The highest BCUT2D eigenvalue weighted by atomic mass is 16.6. The normalized spacial score (nSPS) is 14.5. The van der Waals surface area contributed by atoms with Crippen LogP contribution >= 0.6 is 0 Å². The van der Waals surface area contributed by atoms with Crippen LogP contribution in [0.4, 0.5) is 0 Å². The van der Waals surface area contributed by atoms with Crippen molar-refractivity contribution in [2.45, 2.75) is 19.3 Å². The summed E-state index contributed by atoms with van der Waals surface area (Å²) in [5, 5.41) is 2.51. The van der Waals surface area contributed by atoms with Gasteiger partial charge in [-0.05, 0) is 64.7 Å². The van der Waals surface area contributed by atoms with Crippen LogP contribution in [-0.2, 0) is 5.41 Å². The van der Waals surface area contributed by atoms with Gasteiger partial charge in [-0.1, -0.05) is 68.4 Å². The van der Waals surface area contributed by atoms with Gasteiger partial charge in [0.1, 0.15) is 0 Å². The third kappa shape index (κ3) is 2.52. The molecule has 0 fully saturated rings. The molecule has 1 aliphatic heterocycles. The van der Waals surface area contributed by atoms with E-state index in [0.29, 0.717) is 0 Å². The van der Waals surface area contributed by atoms with Crippen molar-refractivity contribution in [3.8, 4) is 39.8 Å². The molecule has 36 heavy (non-hydrogen) atoms. The van der Waals surface area contributed by atoms with Crippen LogP contribution < -0.4 is 9.47 Å². The lowest BCUT2D eigenvalue weighted by molar-refractivity contribution is 0.359. The predicted molar refractivity (Wildman–Crippen MR) is 145 cm³/mol. The van der Waals surface area contributed by atoms with Gasteiger partial charge >= 0.3 is 0 Å². The molecule has 172 valence electrons. The average Bonchev–Trinajstić information content (AvgIpc) is 3.35. The van der Waals surface area contributed by atoms with E-state index in [1.807, 2.05) is 30.3 Å². The van der Waals surface area contributed by atoms with E-state index in [-0.39, 0.29) is 5.41 Å². The lowest BCUT2D eigenvalue weighted by Gasteiger charge is -2.22. The van der Waals surface area contributed by atoms with Gasteiger partial charge < -0.3 is 14.0 Å². The molecule has 5 aromatic carbocycles. The van der Waals surface area contributed by atoms with Gasteiger partial charge in [0, 0.05) is 22.3 Å². The third-order valence-electron chi connectivity index (χ3n) is 7.85. The molecule has 0 atom stereocenters. The van der Waals surface area contributed by atoms with Crippen molar-refractivity contribution in [1.29, 1.82) is 0 Å². The van der Waals surface area contributed by atoms with E-state index >= 15 is 0 Å². The monoisotopic (exact) mass is 465 g/mol. The summed E-state index contributed by atoms with van der Waals surface area (Å²) < 4.78 is 14.7. The SMILES string of the molecule is CC1(C)c2ccccc2-c2cc3c4ccccc4n(-c4ccc5c(c4)Oc4ccccc4O5)c3cc21. The predicted octanol–water partition coefficient (Wildman–Crippen LogP) is 8.99. The van der Waals surface area contributed by atoms with Gasteiger partial charge in [-0.25, -0.2) is 0 Å². The van der Waals surface area contributed by atoms with Crippen LogP contribution in [0.5, 0.6) is 23.0 Å². The van der Waals surface area contributed by atoms with Crippen molar-refractivity contribution < 1.29 is 9.47 Å². The van der Waals surface area contributed by atoms with E-state index in [9.17, 15) is 0 Å². The minimum Gasteiger partial charge on any atom is -0.450 e. The van der Waals surface area contributed by atoms with Crippen molar-refractivity contribution in [1.82, 2.24) is 4.57 Å². The van der Waals surface area contributed by atoms with Crippen LogP contribution in [0.2, 0.25) is 0 Å². The summed E-state index contributed by atoms with van der Waals surface area (Å²) in [6, 6.07) is 36.3. The number of ether oxygens (including phenoxy) is 2. The Kier molecular flexibility index (Phi) is 3.73. The van der Waals surface area contributed by atoms with Gasteiger partial charge in [0.15, 0.2) is 23.0 Å². The maximum atomic E-state index is 6.25. The van der Waals surface area contributed by atoms with Crippen molar-refractivity contribution in [2.24, 2.45) is 0 Å². The fourth-order valence-electron chi connectivity index (χ4n) is 6.10. The van der Waals surface area contributed by atoms with Crippen molar-refractivity contribution in [2.75, 3.05) is 0 Å². The first-order valence-electron chi connectivity index (χ1n) is 12.4. The smallest absolute Gasteiger partial charge is 0.172 e. The van der Waals surface area contributed by atoms with Gasteiger partial charge in [-0.3, -0.25) is 0 Å². The largest absolute Gasteiger partial charge is 0.450 e. The molecule has 0 amide bonds. The molecular weight excluding hydrogens is 442 g/mol. The van der Waals surface area contributed by atoms with E-state index in [1.165, 1.54) is 44.1 Å². The molecule has 3 nitrogen and oxygen atoms in total. The van der Waals surface area contributed by atoms with Crippen LogP contribution in [-0.4, -0.2) is 4.57 Å². The molecule has 0 unspecified atom stereocenters. The first-order valence-corrected chi connectivity index (χ1v) is 12.4. The molecule has 0 N–H and O–H groups in total. The maximum absolute atomic E-state index is 6.25. The standard InChI is InChI=1S/C33H23NO2/c1-33(2)25-11-5-3-9-21(25)23-18-24-22-10-4-6-12-27(22)34(28(24)19-26(23)33)20-15-16-31-32(17-20)36-30-14-8-7-13-29(30)35-31/h3-19H,1-2H3. The van der Waals surface area contributed by atoms with E-state index < -0.39 is 0 Å². The number of benzene rings is 5. The van der Waals surface area contributed by atoms with Crippen molar-refractivity contribution in [3.05, 3.63) is 114 Å². The number of rotatable bonds is 1. The second-order valence-electron chi connectivity index (χ2n) is 10.2. The summed E-state index contributed by atoms with van der Waals surface area (Å²) in [5.74, 6) is 2.94. The van der Waals surface area contributed by atoms with E-state index in [1.54, 1.807) is 0 Å². The minimum atomic E-state index is -0.0576. The van der Waals surface area contributed by atoms with Crippen LogP contribution in [0, 0.1) is 0 Å². The molecule has 0 radical (unpaired) electrons. The number of nitrogens with zero attached hydrogens (tertiary/aromatic N) is 1. The summed E-state index contributed by atoms with van der Waals surface area (Å²) in [4.78, 5) is 0. The Labute approximate surface area is 209 Å². The lowest BCUT2D eigenvalue weighted by Crippen LogP contribution is -2.15. The molecule has 1 aromatic heterocycles. The Morgan fingerprint density at radius 1 is 0.528 bits per heavy atom. The van der Waals surface area contributed by atoms with Gasteiger partial charge in [-0.15, -0.1) is 0 Å². The first-order chi connectivity index (χ1) is 17.6. The fourth-order valence-corrected chi connectivity index (χ4v) is 6.10. The summed E-state index contributed by atoms with van der Waals surface area (Å²) in [6.45, 7) is 4.66. The molecule has 0 spiro atoms. The van der Waals surface area contributed by atoms with Crippen LogP contribution in [0.3, 0.4) is 0 Å². The van der Waals surface area contributed by atoms with Gasteiger partial charge in [0.2, 0.25) is 0 Å². The zero-order valence-corrected chi connectivity index (χ0v) is 20.1. The zero-order valence-electron chi connectivity index (χ0n) is 20.1. The number of para-hydroxylation sites is 3. The van der Waals surface area contributed by atoms with Crippen LogP contribution in [0.1, 0.15) is 25.0 Å². The van der Waals surface area contributed by atoms with Crippen LogP contribution in [0.25, 0.3) is 38.6 Å². The molecule has 1 aliphatic carbocycles. The summed E-state index contributed by atoms with van der Waals surface area (Å²) in [6.07, 6.45) is 0. The molecule has 8 rings (SSSR count). The second-order valence-corrected chi connectivity index (χ2v) is 10.2. The van der Waals surface area contributed by atoms with Gasteiger partial charge in [0.05, 0.1) is 16.7 Å². The number of aromatic nitrogens is 1. The van der Waals surface area contributed by atoms with E-state index in [2.05, 4.69) is 91.2 Å². The lowest BCUT2D eigenvalue weighted by atomic mass is 9.82. The number of fused-ring (bicyclic) bond motifs is 8. The van der Waals surface area contributed by atoms with Gasteiger partial charge in [-0.2, -0.15) is 0 Å². The summed E-state index contributed by atoms with van der Waals surface area (Å²) >= 11 is 0. The highest BCUT2D eigenvalue weighted by Gasteiger charge is 2.36. The molecule has 3 heteroatoms. The first kappa shape index (κ1) is 19.8.